The van der Waals surface area contributed by atoms with E-state index in [0.29, 0.717) is 12.5 Å². The summed E-state index contributed by atoms with van der Waals surface area (Å²) >= 11 is 0. The van der Waals surface area contributed by atoms with E-state index < -0.39 is 5.79 Å². The second kappa shape index (κ2) is 3.03. The third-order valence-corrected chi connectivity index (χ3v) is 3.80. The standard InChI is InChI=1S/C12H14O3/c1-14-12-6-5-10(13)9-4-2-3-8(7-15-12)11(9)12/h2-3,5-6,8-9,11H,4,7H2,1H3/t8-,9+,11+,12-/m1/s1. The molecule has 1 saturated heterocycles. The molecule has 80 valence electrons. The second-order valence-electron chi connectivity index (χ2n) is 4.43. The molecule has 0 unspecified atom stereocenters. The summed E-state index contributed by atoms with van der Waals surface area (Å²) < 4.78 is 11.2. The molecule has 3 nitrogen and oxygen atoms in total. The highest BCUT2D eigenvalue weighted by atomic mass is 16.7. The van der Waals surface area contributed by atoms with Crippen LogP contribution in [0.5, 0.6) is 0 Å². The van der Waals surface area contributed by atoms with Gasteiger partial charge >= 0.3 is 0 Å². The Morgan fingerprint density at radius 1 is 1.60 bits per heavy atom. The monoisotopic (exact) mass is 206 g/mol. The van der Waals surface area contributed by atoms with E-state index in [2.05, 4.69) is 12.2 Å². The van der Waals surface area contributed by atoms with Crippen LogP contribution in [0.2, 0.25) is 0 Å². The van der Waals surface area contributed by atoms with Gasteiger partial charge in [0.05, 0.1) is 6.61 Å². The average molecular weight is 206 g/mol. The molecule has 3 heteroatoms. The minimum atomic E-state index is -0.645. The van der Waals surface area contributed by atoms with Crippen LogP contribution < -0.4 is 0 Å². The summed E-state index contributed by atoms with van der Waals surface area (Å²) in [7, 11) is 1.65. The molecule has 15 heavy (non-hydrogen) atoms. The Hall–Kier alpha value is -0.930. The van der Waals surface area contributed by atoms with Gasteiger partial charge in [0.1, 0.15) is 0 Å². The molecule has 0 aromatic heterocycles. The Balaban J connectivity index is 2.09. The molecule has 0 spiro atoms. The highest BCUT2D eigenvalue weighted by molar-refractivity contribution is 5.93. The van der Waals surface area contributed by atoms with E-state index >= 15 is 0 Å². The van der Waals surface area contributed by atoms with Gasteiger partial charge in [0, 0.05) is 24.9 Å². The van der Waals surface area contributed by atoms with Crippen molar-refractivity contribution >= 4 is 5.78 Å². The number of allylic oxidation sites excluding steroid dienone is 2. The van der Waals surface area contributed by atoms with Gasteiger partial charge in [0.25, 0.3) is 0 Å². The van der Waals surface area contributed by atoms with Crippen molar-refractivity contribution in [2.24, 2.45) is 17.8 Å². The first-order valence-electron chi connectivity index (χ1n) is 5.36. The molecular weight excluding hydrogens is 192 g/mol. The highest BCUT2D eigenvalue weighted by Crippen LogP contribution is 2.49. The Labute approximate surface area is 88.7 Å². The SMILES string of the molecule is CO[C@]12C=CC(=O)[C@@H]3CC=C[C@H](CO1)[C@@H]32. The van der Waals surface area contributed by atoms with Crippen LogP contribution in [-0.2, 0) is 14.3 Å². The average Bonchev–Trinajstić information content (AvgIpc) is 2.66. The van der Waals surface area contributed by atoms with E-state index in [9.17, 15) is 4.79 Å². The molecule has 0 radical (unpaired) electrons. The summed E-state index contributed by atoms with van der Waals surface area (Å²) in [5.74, 6) is 0.121. The van der Waals surface area contributed by atoms with Crippen LogP contribution in [-0.4, -0.2) is 25.3 Å². The molecular formula is C12H14O3. The number of carbonyl (C=O) groups excluding carboxylic acids is 1. The smallest absolute Gasteiger partial charge is 0.192 e. The van der Waals surface area contributed by atoms with E-state index in [1.807, 2.05) is 0 Å². The zero-order valence-electron chi connectivity index (χ0n) is 8.68. The maximum atomic E-state index is 11.8. The zero-order chi connectivity index (χ0) is 10.5. The van der Waals surface area contributed by atoms with Gasteiger partial charge in [-0.3, -0.25) is 4.79 Å². The molecule has 3 rings (SSSR count). The summed E-state index contributed by atoms with van der Waals surface area (Å²) in [5, 5.41) is 0. The van der Waals surface area contributed by atoms with Gasteiger partial charge in [0.15, 0.2) is 11.6 Å². The lowest BCUT2D eigenvalue weighted by atomic mass is 9.69. The van der Waals surface area contributed by atoms with Crippen molar-refractivity contribution in [3.8, 4) is 0 Å². The molecule has 3 aliphatic rings. The maximum absolute atomic E-state index is 11.8. The molecule has 1 fully saturated rings. The quantitative estimate of drug-likeness (QED) is 0.607. The van der Waals surface area contributed by atoms with Gasteiger partial charge in [0.2, 0.25) is 0 Å². The minimum absolute atomic E-state index is 0.0486. The number of rotatable bonds is 1. The fraction of sp³-hybridized carbons (Fsp3) is 0.583. The minimum Gasteiger partial charge on any atom is -0.349 e. The maximum Gasteiger partial charge on any atom is 0.192 e. The predicted octanol–water partition coefficient (Wildman–Crippen LogP) is 1.31. The van der Waals surface area contributed by atoms with Crippen molar-refractivity contribution in [3.05, 3.63) is 24.3 Å². The summed E-state index contributed by atoms with van der Waals surface area (Å²) in [6.45, 7) is 0.656. The second-order valence-corrected chi connectivity index (χ2v) is 4.43. The lowest BCUT2D eigenvalue weighted by Crippen LogP contribution is -2.47. The van der Waals surface area contributed by atoms with Crippen LogP contribution in [0.1, 0.15) is 6.42 Å². The molecule has 1 aliphatic heterocycles. The van der Waals surface area contributed by atoms with Gasteiger partial charge in [-0.2, -0.15) is 0 Å². The summed E-state index contributed by atoms with van der Waals surface area (Å²) in [6.07, 6.45) is 8.48. The Kier molecular flexibility index (Phi) is 1.88. The number of ether oxygens (including phenoxy) is 2. The van der Waals surface area contributed by atoms with Crippen molar-refractivity contribution in [3.63, 3.8) is 0 Å². The van der Waals surface area contributed by atoms with E-state index in [4.69, 9.17) is 9.47 Å². The molecule has 4 atom stereocenters. The first-order chi connectivity index (χ1) is 7.27. The number of carbonyl (C=O) groups is 1. The van der Waals surface area contributed by atoms with Crippen LogP contribution in [0, 0.1) is 17.8 Å². The number of ketones is 1. The van der Waals surface area contributed by atoms with Crippen LogP contribution >= 0.6 is 0 Å². The first kappa shape index (κ1) is 9.31. The van der Waals surface area contributed by atoms with Gasteiger partial charge in [-0.1, -0.05) is 12.2 Å². The van der Waals surface area contributed by atoms with Crippen LogP contribution in [0.4, 0.5) is 0 Å². The van der Waals surface area contributed by atoms with Crippen molar-refractivity contribution in [1.29, 1.82) is 0 Å². The van der Waals surface area contributed by atoms with E-state index in [1.165, 1.54) is 0 Å². The molecule has 2 aliphatic carbocycles. The lowest BCUT2D eigenvalue weighted by molar-refractivity contribution is -0.192. The fourth-order valence-electron chi connectivity index (χ4n) is 3.06. The summed E-state index contributed by atoms with van der Waals surface area (Å²) in [6, 6.07) is 0. The molecule has 0 aromatic carbocycles. The van der Waals surface area contributed by atoms with E-state index in [1.54, 1.807) is 19.3 Å². The summed E-state index contributed by atoms with van der Waals surface area (Å²) in [5.41, 5.74) is 0. The van der Waals surface area contributed by atoms with Crippen LogP contribution in [0.25, 0.3) is 0 Å². The molecule has 0 bridgehead atoms. The van der Waals surface area contributed by atoms with Crippen molar-refractivity contribution in [2.75, 3.05) is 13.7 Å². The zero-order valence-corrected chi connectivity index (χ0v) is 8.68. The van der Waals surface area contributed by atoms with Gasteiger partial charge < -0.3 is 9.47 Å². The highest BCUT2D eigenvalue weighted by Gasteiger charge is 2.55. The first-order valence-corrected chi connectivity index (χ1v) is 5.36. The number of methoxy groups -OCH3 is 1. The van der Waals surface area contributed by atoms with Crippen molar-refractivity contribution < 1.29 is 14.3 Å². The molecule has 0 saturated carbocycles. The molecule has 0 amide bonds. The van der Waals surface area contributed by atoms with E-state index in [-0.39, 0.29) is 17.6 Å². The van der Waals surface area contributed by atoms with Crippen molar-refractivity contribution in [2.45, 2.75) is 12.2 Å². The van der Waals surface area contributed by atoms with Gasteiger partial charge in [-0.25, -0.2) is 0 Å². The molecule has 1 heterocycles. The van der Waals surface area contributed by atoms with Gasteiger partial charge in [-0.15, -0.1) is 0 Å². The predicted molar refractivity (Wildman–Crippen MR) is 54.1 cm³/mol. The number of hydrogen-bond donors (Lipinski definition) is 0. The molecule has 0 aromatic rings. The topological polar surface area (TPSA) is 35.5 Å². The Morgan fingerprint density at radius 2 is 2.47 bits per heavy atom. The van der Waals surface area contributed by atoms with E-state index in [0.717, 1.165) is 6.42 Å². The Bertz CT molecular complexity index is 358. The van der Waals surface area contributed by atoms with Crippen LogP contribution in [0.15, 0.2) is 24.3 Å². The normalized spacial score (nSPS) is 47.0. The lowest BCUT2D eigenvalue weighted by Gasteiger charge is -2.39. The van der Waals surface area contributed by atoms with Crippen molar-refractivity contribution in [1.82, 2.24) is 0 Å². The summed E-state index contributed by atoms with van der Waals surface area (Å²) in [4.78, 5) is 11.8. The third kappa shape index (κ3) is 1.11. The fourth-order valence-corrected chi connectivity index (χ4v) is 3.06. The molecule has 0 N–H and O–H groups in total. The van der Waals surface area contributed by atoms with Crippen LogP contribution in [0.3, 0.4) is 0 Å². The third-order valence-electron chi connectivity index (χ3n) is 3.80. The largest absolute Gasteiger partial charge is 0.349 e. The van der Waals surface area contributed by atoms with Gasteiger partial charge in [-0.05, 0) is 18.6 Å². The Morgan fingerprint density at radius 3 is 3.27 bits per heavy atom. The number of hydrogen-bond acceptors (Lipinski definition) is 3.